The van der Waals surface area contributed by atoms with Gasteiger partial charge in [-0.25, -0.2) is 4.39 Å². The van der Waals surface area contributed by atoms with Gasteiger partial charge in [0.1, 0.15) is 11.6 Å². The molecular weight excluding hydrogens is 403 g/mol. The highest BCUT2D eigenvalue weighted by atomic mass is 19.1. The minimum Gasteiger partial charge on any atom is -0.497 e. The van der Waals surface area contributed by atoms with Crippen LogP contribution in [0.4, 0.5) is 4.39 Å². The van der Waals surface area contributed by atoms with Gasteiger partial charge in [-0.2, -0.15) is 0 Å². The van der Waals surface area contributed by atoms with Crippen molar-refractivity contribution in [2.45, 2.75) is 31.8 Å². The van der Waals surface area contributed by atoms with Gasteiger partial charge < -0.3 is 10.1 Å². The molecule has 1 unspecified atom stereocenters. The van der Waals surface area contributed by atoms with Gasteiger partial charge in [0.05, 0.1) is 13.5 Å². The Morgan fingerprint density at radius 3 is 2.53 bits per heavy atom. The van der Waals surface area contributed by atoms with Gasteiger partial charge in [0.15, 0.2) is 0 Å². The van der Waals surface area contributed by atoms with Gasteiger partial charge in [-0.3, -0.25) is 9.69 Å². The number of nitrogens with zero attached hydrogens (tertiary/aromatic N) is 1. The SMILES string of the molecule is COc1cccc(-c2ccc(CN3CCCC(NC(=O)Cc4ccc(F)cc4)C3)cc2)c1. The van der Waals surface area contributed by atoms with Crippen LogP contribution >= 0.6 is 0 Å². The normalized spacial score (nSPS) is 16.5. The number of carbonyl (C=O) groups is 1. The molecule has 1 saturated heterocycles. The fraction of sp³-hybridized carbons (Fsp3) is 0.296. The van der Waals surface area contributed by atoms with Crippen molar-refractivity contribution in [1.82, 2.24) is 10.2 Å². The Bertz CT molecular complexity index is 1030. The molecule has 1 atom stereocenters. The van der Waals surface area contributed by atoms with Gasteiger partial charge in [-0.1, -0.05) is 48.5 Å². The van der Waals surface area contributed by atoms with E-state index in [2.05, 4.69) is 40.5 Å². The lowest BCUT2D eigenvalue weighted by Gasteiger charge is -2.33. The number of ether oxygens (including phenoxy) is 1. The van der Waals surface area contributed by atoms with Gasteiger partial charge in [0.25, 0.3) is 0 Å². The van der Waals surface area contributed by atoms with Crippen LogP contribution in [0.2, 0.25) is 0 Å². The maximum Gasteiger partial charge on any atom is 0.224 e. The number of hydrogen-bond donors (Lipinski definition) is 1. The molecule has 4 nitrogen and oxygen atoms in total. The largest absolute Gasteiger partial charge is 0.497 e. The number of benzene rings is 3. The summed E-state index contributed by atoms with van der Waals surface area (Å²) in [5.41, 5.74) is 4.39. The lowest BCUT2D eigenvalue weighted by atomic mass is 10.0. The number of nitrogens with one attached hydrogen (secondary N) is 1. The number of halogens is 1. The molecule has 5 heteroatoms. The quantitative estimate of drug-likeness (QED) is 0.582. The summed E-state index contributed by atoms with van der Waals surface area (Å²) in [7, 11) is 1.68. The topological polar surface area (TPSA) is 41.6 Å². The Labute approximate surface area is 189 Å². The minimum absolute atomic E-state index is 0.00824. The number of hydrogen-bond acceptors (Lipinski definition) is 3. The lowest BCUT2D eigenvalue weighted by Crippen LogP contribution is -2.47. The monoisotopic (exact) mass is 432 g/mol. The van der Waals surface area contributed by atoms with Crippen LogP contribution < -0.4 is 10.1 Å². The van der Waals surface area contributed by atoms with Crippen molar-refractivity contribution < 1.29 is 13.9 Å². The van der Waals surface area contributed by atoms with Gasteiger partial charge >= 0.3 is 0 Å². The van der Waals surface area contributed by atoms with Crippen molar-refractivity contribution >= 4 is 5.91 Å². The standard InChI is InChI=1S/C27H29FN2O2/c1-32-26-6-2-4-23(17-26)22-11-7-21(8-12-22)18-30-15-3-5-25(19-30)29-27(31)16-20-9-13-24(28)14-10-20/h2,4,6-14,17,25H,3,5,15-16,18-19H2,1H3,(H,29,31). The van der Waals surface area contributed by atoms with Crippen LogP contribution in [0.15, 0.2) is 72.8 Å². The van der Waals surface area contributed by atoms with E-state index >= 15 is 0 Å². The molecule has 0 aliphatic carbocycles. The smallest absolute Gasteiger partial charge is 0.224 e. The summed E-state index contributed by atoms with van der Waals surface area (Å²) in [6.07, 6.45) is 2.33. The molecule has 0 bridgehead atoms. The van der Waals surface area contributed by atoms with E-state index in [-0.39, 0.29) is 24.2 Å². The zero-order valence-corrected chi connectivity index (χ0v) is 18.4. The Kier molecular flexibility index (Phi) is 7.17. The highest BCUT2D eigenvalue weighted by Crippen LogP contribution is 2.24. The van der Waals surface area contributed by atoms with Crippen molar-refractivity contribution in [3.05, 3.63) is 89.7 Å². The molecule has 4 rings (SSSR count). The molecule has 1 aliphatic heterocycles. The number of amides is 1. The van der Waals surface area contributed by atoms with E-state index in [1.165, 1.54) is 17.7 Å². The third-order valence-electron chi connectivity index (χ3n) is 5.91. The average molecular weight is 433 g/mol. The number of piperidine rings is 1. The van der Waals surface area contributed by atoms with E-state index in [0.29, 0.717) is 0 Å². The fourth-order valence-corrected chi connectivity index (χ4v) is 4.25. The third-order valence-corrected chi connectivity index (χ3v) is 5.91. The molecule has 1 N–H and O–H groups in total. The van der Waals surface area contributed by atoms with Crippen LogP contribution in [0.1, 0.15) is 24.0 Å². The first-order valence-corrected chi connectivity index (χ1v) is 11.1. The number of rotatable bonds is 7. The molecule has 1 heterocycles. The van der Waals surface area contributed by atoms with Crippen LogP contribution in [0, 0.1) is 5.82 Å². The summed E-state index contributed by atoms with van der Waals surface area (Å²) in [5.74, 6) is 0.562. The van der Waals surface area contributed by atoms with Gasteiger partial charge in [0, 0.05) is 19.1 Å². The summed E-state index contributed by atoms with van der Waals surface area (Å²) >= 11 is 0. The Balaban J connectivity index is 1.30. The van der Waals surface area contributed by atoms with Gasteiger partial charge in [-0.05, 0) is 65.9 Å². The maximum absolute atomic E-state index is 13.0. The molecule has 0 radical (unpaired) electrons. The Hall–Kier alpha value is -3.18. The van der Waals surface area contributed by atoms with Crippen LogP contribution in [-0.4, -0.2) is 37.0 Å². The highest BCUT2D eigenvalue weighted by Gasteiger charge is 2.21. The first-order valence-electron chi connectivity index (χ1n) is 11.1. The van der Waals surface area contributed by atoms with Crippen LogP contribution in [0.5, 0.6) is 5.75 Å². The van der Waals surface area contributed by atoms with E-state index in [9.17, 15) is 9.18 Å². The van der Waals surface area contributed by atoms with Crippen LogP contribution in [0.3, 0.4) is 0 Å². The van der Waals surface area contributed by atoms with Crippen molar-refractivity contribution in [3.63, 3.8) is 0 Å². The van der Waals surface area contributed by atoms with Crippen molar-refractivity contribution in [2.75, 3.05) is 20.2 Å². The predicted molar refractivity (Wildman–Crippen MR) is 125 cm³/mol. The van der Waals surface area contributed by atoms with Crippen LogP contribution in [-0.2, 0) is 17.8 Å². The predicted octanol–water partition coefficient (Wildman–Crippen LogP) is 4.82. The first kappa shape index (κ1) is 22.0. The lowest BCUT2D eigenvalue weighted by molar-refractivity contribution is -0.121. The molecule has 166 valence electrons. The summed E-state index contributed by atoms with van der Waals surface area (Å²) in [4.78, 5) is 14.8. The van der Waals surface area contributed by atoms with E-state index in [0.717, 1.165) is 54.9 Å². The summed E-state index contributed by atoms with van der Waals surface area (Å²) < 4.78 is 18.4. The molecule has 3 aromatic carbocycles. The van der Waals surface area contributed by atoms with Gasteiger partial charge in [-0.15, -0.1) is 0 Å². The average Bonchev–Trinajstić information content (AvgIpc) is 2.81. The Morgan fingerprint density at radius 2 is 1.78 bits per heavy atom. The van der Waals surface area contributed by atoms with Crippen molar-refractivity contribution in [1.29, 1.82) is 0 Å². The molecule has 1 fully saturated rings. The third kappa shape index (κ3) is 5.95. The first-order chi connectivity index (χ1) is 15.6. The fourth-order valence-electron chi connectivity index (χ4n) is 4.25. The number of likely N-dealkylation sites (tertiary alicyclic amines) is 1. The zero-order valence-electron chi connectivity index (χ0n) is 18.4. The number of methoxy groups -OCH3 is 1. The maximum atomic E-state index is 13.0. The van der Waals surface area contributed by atoms with Gasteiger partial charge in [0.2, 0.25) is 5.91 Å². The summed E-state index contributed by atoms with van der Waals surface area (Å²) in [5, 5.41) is 3.15. The molecular formula is C27H29FN2O2. The zero-order chi connectivity index (χ0) is 22.3. The Morgan fingerprint density at radius 1 is 1.03 bits per heavy atom. The molecule has 0 saturated carbocycles. The second-order valence-corrected chi connectivity index (χ2v) is 8.37. The second-order valence-electron chi connectivity index (χ2n) is 8.37. The highest BCUT2D eigenvalue weighted by molar-refractivity contribution is 5.78. The van der Waals surface area contributed by atoms with E-state index < -0.39 is 0 Å². The number of carbonyl (C=O) groups excluding carboxylic acids is 1. The van der Waals surface area contributed by atoms with Crippen molar-refractivity contribution in [2.24, 2.45) is 0 Å². The molecule has 1 aliphatic rings. The minimum atomic E-state index is -0.284. The molecule has 3 aromatic rings. The van der Waals surface area contributed by atoms with E-state index in [1.807, 2.05) is 18.2 Å². The molecule has 1 amide bonds. The van der Waals surface area contributed by atoms with E-state index in [1.54, 1.807) is 19.2 Å². The van der Waals surface area contributed by atoms with E-state index in [4.69, 9.17) is 4.74 Å². The molecule has 0 aromatic heterocycles. The second kappa shape index (κ2) is 10.4. The van der Waals surface area contributed by atoms with Crippen LogP contribution in [0.25, 0.3) is 11.1 Å². The molecule has 32 heavy (non-hydrogen) atoms. The summed E-state index contributed by atoms with van der Waals surface area (Å²) in [6.45, 7) is 2.73. The molecule has 0 spiro atoms. The van der Waals surface area contributed by atoms with Crippen molar-refractivity contribution in [3.8, 4) is 16.9 Å². The summed E-state index contributed by atoms with van der Waals surface area (Å²) in [6, 6.07) is 23.0.